The molecule has 3 heterocycles. The van der Waals surface area contributed by atoms with E-state index in [1.54, 1.807) is 50.2 Å². The first-order valence-electron chi connectivity index (χ1n) is 9.65. The van der Waals surface area contributed by atoms with Gasteiger partial charge in [0.05, 0.1) is 17.9 Å². The Morgan fingerprint density at radius 2 is 1.90 bits per heavy atom. The number of fused-ring (bicyclic) bond motifs is 1. The van der Waals surface area contributed by atoms with Crippen LogP contribution in [0.25, 0.3) is 11.0 Å². The zero-order valence-corrected chi connectivity index (χ0v) is 16.9. The molecule has 2 N–H and O–H groups in total. The number of rotatable bonds is 6. The summed E-state index contributed by atoms with van der Waals surface area (Å²) in [5.74, 6) is 0.842. The smallest absolute Gasteiger partial charge is 0.338 e. The molecule has 0 bridgehead atoms. The van der Waals surface area contributed by atoms with Crippen molar-refractivity contribution in [1.29, 1.82) is 0 Å². The topological polar surface area (TPSA) is 120 Å². The average molecular weight is 424 g/mol. The number of ether oxygens (including phenoxy) is 2. The van der Waals surface area contributed by atoms with E-state index in [1.165, 1.54) is 6.07 Å². The van der Waals surface area contributed by atoms with E-state index in [0.29, 0.717) is 22.9 Å². The van der Waals surface area contributed by atoms with Crippen LogP contribution in [0.3, 0.4) is 0 Å². The third kappa shape index (κ3) is 4.30. The van der Waals surface area contributed by atoms with Crippen molar-refractivity contribution >= 4 is 23.0 Å². The molecule has 0 aliphatic carbocycles. The van der Waals surface area contributed by atoms with Crippen molar-refractivity contribution in [2.75, 3.05) is 13.2 Å². The van der Waals surface area contributed by atoms with Crippen LogP contribution in [-0.2, 0) is 9.53 Å². The molecule has 1 aliphatic rings. The van der Waals surface area contributed by atoms with E-state index in [-0.39, 0.29) is 24.5 Å². The molecule has 0 spiro atoms. The SMILES string of the molecule is CCOC(=O)C1=C(COc2ccc3ccc(=O)oc3c2)NC(=O)NC1c1ccc(C)o1. The summed E-state index contributed by atoms with van der Waals surface area (Å²) in [6.07, 6.45) is 0. The zero-order valence-electron chi connectivity index (χ0n) is 16.9. The van der Waals surface area contributed by atoms with Crippen molar-refractivity contribution in [1.82, 2.24) is 10.6 Å². The minimum atomic E-state index is -0.824. The molecule has 9 nitrogen and oxygen atoms in total. The Balaban J connectivity index is 1.67. The molecular weight excluding hydrogens is 404 g/mol. The van der Waals surface area contributed by atoms with Gasteiger partial charge in [0.25, 0.3) is 0 Å². The quantitative estimate of drug-likeness (QED) is 0.461. The van der Waals surface area contributed by atoms with Crippen LogP contribution < -0.4 is 21.0 Å². The van der Waals surface area contributed by atoms with Crippen LogP contribution in [0.1, 0.15) is 24.5 Å². The standard InChI is InChI=1S/C22H20N2O7/c1-3-28-21(26)19-15(23-22(27)24-20(19)16-8-4-12(2)30-16)11-29-14-7-5-13-6-9-18(25)31-17(13)10-14/h4-10,20H,3,11H2,1-2H3,(H2,23,24,27). The fourth-order valence-electron chi connectivity index (χ4n) is 3.29. The molecule has 1 atom stereocenters. The summed E-state index contributed by atoms with van der Waals surface area (Å²) < 4.78 is 21.8. The summed E-state index contributed by atoms with van der Waals surface area (Å²) in [7, 11) is 0. The van der Waals surface area contributed by atoms with Crippen LogP contribution in [0.15, 0.2) is 67.4 Å². The molecule has 1 aromatic carbocycles. The molecular formula is C22H20N2O7. The zero-order chi connectivity index (χ0) is 22.0. The van der Waals surface area contributed by atoms with Crippen molar-refractivity contribution in [3.05, 3.63) is 75.7 Å². The highest BCUT2D eigenvalue weighted by molar-refractivity contribution is 5.95. The van der Waals surface area contributed by atoms with Crippen LogP contribution in [0.5, 0.6) is 5.75 Å². The first-order chi connectivity index (χ1) is 14.9. The number of hydrogen-bond acceptors (Lipinski definition) is 7. The molecule has 0 saturated heterocycles. The van der Waals surface area contributed by atoms with Gasteiger partial charge >= 0.3 is 17.6 Å². The Morgan fingerprint density at radius 1 is 1.10 bits per heavy atom. The molecule has 160 valence electrons. The number of hydrogen-bond donors (Lipinski definition) is 2. The van der Waals surface area contributed by atoms with Gasteiger partial charge in [-0.2, -0.15) is 0 Å². The van der Waals surface area contributed by atoms with E-state index in [0.717, 1.165) is 5.39 Å². The molecule has 9 heteroatoms. The lowest BCUT2D eigenvalue weighted by molar-refractivity contribution is -0.139. The second-order valence-corrected chi connectivity index (χ2v) is 6.84. The van der Waals surface area contributed by atoms with Crippen molar-refractivity contribution in [2.45, 2.75) is 19.9 Å². The van der Waals surface area contributed by atoms with Gasteiger partial charge in [-0.3, -0.25) is 0 Å². The number of aryl methyl sites for hydroxylation is 1. The number of benzene rings is 1. The molecule has 1 aliphatic heterocycles. The predicted octanol–water partition coefficient (Wildman–Crippen LogP) is 2.94. The number of nitrogens with one attached hydrogen (secondary N) is 2. The minimum absolute atomic E-state index is 0.125. The minimum Gasteiger partial charge on any atom is -0.487 e. The van der Waals surface area contributed by atoms with Crippen molar-refractivity contribution in [3.63, 3.8) is 0 Å². The Bertz CT molecular complexity index is 1240. The highest BCUT2D eigenvalue weighted by atomic mass is 16.5. The van der Waals surface area contributed by atoms with Crippen LogP contribution in [-0.4, -0.2) is 25.2 Å². The number of furan rings is 1. The van der Waals surface area contributed by atoms with Gasteiger partial charge in [-0.05, 0) is 44.2 Å². The van der Waals surface area contributed by atoms with Gasteiger partial charge in [0.15, 0.2) is 0 Å². The maximum absolute atomic E-state index is 12.7. The van der Waals surface area contributed by atoms with E-state index in [9.17, 15) is 14.4 Å². The van der Waals surface area contributed by atoms with Gasteiger partial charge in [-0.25, -0.2) is 14.4 Å². The van der Waals surface area contributed by atoms with Crippen molar-refractivity contribution in [3.8, 4) is 5.75 Å². The molecule has 2 aromatic heterocycles. The summed E-state index contributed by atoms with van der Waals surface area (Å²) in [5.41, 5.74) is 0.320. The lowest BCUT2D eigenvalue weighted by Gasteiger charge is -2.27. The molecule has 31 heavy (non-hydrogen) atoms. The van der Waals surface area contributed by atoms with E-state index in [4.69, 9.17) is 18.3 Å². The van der Waals surface area contributed by atoms with Crippen molar-refractivity contribution < 1.29 is 27.9 Å². The molecule has 4 rings (SSSR count). The predicted molar refractivity (Wildman–Crippen MR) is 109 cm³/mol. The van der Waals surface area contributed by atoms with Gasteiger partial charge in [0, 0.05) is 17.5 Å². The molecule has 1 unspecified atom stereocenters. The Kier molecular flexibility index (Phi) is 5.48. The summed E-state index contributed by atoms with van der Waals surface area (Å²) in [5, 5.41) is 6.04. The van der Waals surface area contributed by atoms with Crippen molar-refractivity contribution in [2.24, 2.45) is 0 Å². The second kappa shape index (κ2) is 8.39. The number of carbonyl (C=O) groups excluding carboxylic acids is 2. The van der Waals surface area contributed by atoms with E-state index in [1.807, 2.05) is 0 Å². The third-order valence-corrected chi connectivity index (χ3v) is 4.67. The molecule has 0 radical (unpaired) electrons. The van der Waals surface area contributed by atoms with Gasteiger partial charge < -0.3 is 28.9 Å². The van der Waals surface area contributed by atoms with Gasteiger partial charge in [-0.1, -0.05) is 0 Å². The highest BCUT2D eigenvalue weighted by Gasteiger charge is 2.35. The van der Waals surface area contributed by atoms with E-state index < -0.39 is 23.7 Å². The number of amides is 2. The maximum atomic E-state index is 12.7. The highest BCUT2D eigenvalue weighted by Crippen LogP contribution is 2.29. The number of urea groups is 1. The van der Waals surface area contributed by atoms with Crippen LogP contribution in [0.2, 0.25) is 0 Å². The Morgan fingerprint density at radius 3 is 2.65 bits per heavy atom. The first-order valence-corrected chi connectivity index (χ1v) is 9.65. The van der Waals surface area contributed by atoms with Gasteiger partial charge in [0.1, 0.15) is 35.5 Å². The first kappa shape index (κ1) is 20.3. The van der Waals surface area contributed by atoms with E-state index in [2.05, 4.69) is 10.6 Å². The Labute approximate surface area is 176 Å². The fraction of sp³-hybridized carbons (Fsp3) is 0.227. The van der Waals surface area contributed by atoms with Gasteiger partial charge in [-0.15, -0.1) is 0 Å². The third-order valence-electron chi connectivity index (χ3n) is 4.67. The normalized spacial score (nSPS) is 16.1. The summed E-state index contributed by atoms with van der Waals surface area (Å²) in [4.78, 5) is 36.4. The number of esters is 1. The monoisotopic (exact) mass is 424 g/mol. The van der Waals surface area contributed by atoms with Crippen LogP contribution in [0, 0.1) is 6.92 Å². The number of carbonyl (C=O) groups is 2. The lowest BCUT2D eigenvalue weighted by Crippen LogP contribution is -2.47. The molecule has 0 fully saturated rings. The molecule has 0 saturated carbocycles. The maximum Gasteiger partial charge on any atom is 0.338 e. The lowest BCUT2D eigenvalue weighted by atomic mass is 10.0. The summed E-state index contributed by atoms with van der Waals surface area (Å²) in [6.45, 7) is 3.50. The second-order valence-electron chi connectivity index (χ2n) is 6.84. The van der Waals surface area contributed by atoms with E-state index >= 15 is 0 Å². The molecule has 3 aromatic rings. The average Bonchev–Trinajstić information content (AvgIpc) is 3.17. The largest absolute Gasteiger partial charge is 0.487 e. The van der Waals surface area contributed by atoms with Crippen LogP contribution >= 0.6 is 0 Å². The summed E-state index contributed by atoms with van der Waals surface area (Å²) >= 11 is 0. The Hall–Kier alpha value is -4.01. The van der Waals surface area contributed by atoms with Crippen LogP contribution in [0.4, 0.5) is 4.79 Å². The molecule has 2 amide bonds. The van der Waals surface area contributed by atoms with Gasteiger partial charge in [0.2, 0.25) is 0 Å². The summed E-state index contributed by atoms with van der Waals surface area (Å²) in [6, 6.07) is 10.1. The fourth-order valence-corrected chi connectivity index (χ4v) is 3.29.